The van der Waals surface area contributed by atoms with Crippen molar-refractivity contribution in [3.05, 3.63) is 36.2 Å². The van der Waals surface area contributed by atoms with Crippen LogP contribution in [0.5, 0.6) is 0 Å². The smallest absolute Gasteiger partial charge is 0.240 e. The number of nitrogens with zero attached hydrogens (tertiary/aromatic N) is 4. The molecule has 0 aliphatic heterocycles. The average molecular weight is 316 g/mol. The Morgan fingerprint density at radius 2 is 2.00 bits per heavy atom. The van der Waals surface area contributed by atoms with E-state index in [0.717, 1.165) is 16.7 Å². The number of carbonyl (C=O) groups excluding carboxylic acids is 1. The Morgan fingerprint density at radius 1 is 1.32 bits per heavy atom. The van der Waals surface area contributed by atoms with Crippen molar-refractivity contribution < 1.29 is 4.79 Å². The van der Waals surface area contributed by atoms with Crippen molar-refractivity contribution in [3.8, 4) is 0 Å². The largest absolute Gasteiger partial charge is 0.315 e. The SMILES string of the molecule is Cc1nnc(S[C@@H](C)C(=O)N(C)c2ccccc2)n1C1CC1. The lowest BCUT2D eigenvalue weighted by Gasteiger charge is -2.21. The number of carbonyl (C=O) groups is 1. The summed E-state index contributed by atoms with van der Waals surface area (Å²) < 4.78 is 2.16. The van der Waals surface area contributed by atoms with Crippen LogP contribution in [0, 0.1) is 6.92 Å². The number of rotatable bonds is 5. The van der Waals surface area contributed by atoms with Crippen LogP contribution in [0.3, 0.4) is 0 Å². The third kappa shape index (κ3) is 3.02. The number of hydrogen-bond donors (Lipinski definition) is 0. The minimum atomic E-state index is -0.202. The number of hydrogen-bond acceptors (Lipinski definition) is 4. The molecule has 0 radical (unpaired) electrons. The second kappa shape index (κ2) is 6.12. The Morgan fingerprint density at radius 3 is 2.64 bits per heavy atom. The molecular weight excluding hydrogens is 296 g/mol. The number of para-hydroxylation sites is 1. The van der Waals surface area contributed by atoms with Crippen LogP contribution in [0.25, 0.3) is 0 Å². The van der Waals surface area contributed by atoms with Gasteiger partial charge in [-0.3, -0.25) is 4.79 Å². The van der Waals surface area contributed by atoms with Crippen molar-refractivity contribution in [2.75, 3.05) is 11.9 Å². The van der Waals surface area contributed by atoms with E-state index >= 15 is 0 Å². The van der Waals surface area contributed by atoms with E-state index in [1.807, 2.05) is 51.2 Å². The maximum Gasteiger partial charge on any atom is 0.240 e. The standard InChI is InChI=1S/C16H20N4OS/c1-11(15(21)19(3)13-7-5-4-6-8-13)22-16-18-17-12(2)20(16)14-9-10-14/h4-8,11,14H,9-10H2,1-3H3/t11-/m0/s1. The van der Waals surface area contributed by atoms with Crippen LogP contribution in [-0.2, 0) is 4.79 Å². The minimum Gasteiger partial charge on any atom is -0.315 e. The lowest BCUT2D eigenvalue weighted by atomic mass is 10.3. The van der Waals surface area contributed by atoms with E-state index in [9.17, 15) is 4.79 Å². The van der Waals surface area contributed by atoms with E-state index in [-0.39, 0.29) is 11.2 Å². The molecule has 1 aromatic carbocycles. The highest BCUT2D eigenvalue weighted by atomic mass is 32.2. The van der Waals surface area contributed by atoms with E-state index in [2.05, 4.69) is 14.8 Å². The van der Waals surface area contributed by atoms with Gasteiger partial charge in [-0.15, -0.1) is 10.2 Å². The number of aryl methyl sites for hydroxylation is 1. The molecule has 1 atom stereocenters. The minimum absolute atomic E-state index is 0.0687. The molecule has 0 saturated heterocycles. The summed E-state index contributed by atoms with van der Waals surface area (Å²) >= 11 is 1.49. The molecule has 1 aromatic heterocycles. The summed E-state index contributed by atoms with van der Waals surface area (Å²) in [5.74, 6) is 1.00. The third-order valence-corrected chi connectivity index (χ3v) is 4.90. The highest BCUT2D eigenvalue weighted by Gasteiger charge is 2.30. The van der Waals surface area contributed by atoms with Gasteiger partial charge in [-0.1, -0.05) is 30.0 Å². The van der Waals surface area contributed by atoms with Gasteiger partial charge in [0.05, 0.1) is 5.25 Å². The molecule has 2 aromatic rings. The van der Waals surface area contributed by atoms with Crippen LogP contribution < -0.4 is 4.90 Å². The van der Waals surface area contributed by atoms with Gasteiger partial charge in [0.15, 0.2) is 5.16 Å². The monoisotopic (exact) mass is 316 g/mol. The Kier molecular flexibility index (Phi) is 4.20. The molecule has 1 heterocycles. The first kappa shape index (κ1) is 15.1. The predicted molar refractivity (Wildman–Crippen MR) is 88.2 cm³/mol. The van der Waals surface area contributed by atoms with Crippen LogP contribution in [-0.4, -0.2) is 33.0 Å². The normalized spacial score (nSPS) is 15.6. The van der Waals surface area contributed by atoms with Gasteiger partial charge in [0.1, 0.15) is 5.82 Å². The van der Waals surface area contributed by atoms with E-state index < -0.39 is 0 Å². The summed E-state index contributed by atoms with van der Waals surface area (Å²) in [5, 5.41) is 9.04. The Hall–Kier alpha value is -1.82. The summed E-state index contributed by atoms with van der Waals surface area (Å²) in [6.45, 7) is 3.89. The summed E-state index contributed by atoms with van der Waals surface area (Å²) in [6, 6.07) is 10.2. The molecule has 0 N–H and O–H groups in total. The van der Waals surface area contributed by atoms with Crippen LogP contribution >= 0.6 is 11.8 Å². The molecule has 0 unspecified atom stereocenters. The molecule has 0 bridgehead atoms. The molecule has 5 nitrogen and oxygen atoms in total. The summed E-state index contributed by atoms with van der Waals surface area (Å²) in [5.41, 5.74) is 0.903. The van der Waals surface area contributed by atoms with Gasteiger partial charge in [0.2, 0.25) is 5.91 Å². The van der Waals surface area contributed by atoms with Gasteiger partial charge in [-0.25, -0.2) is 0 Å². The molecule has 1 aliphatic rings. The topological polar surface area (TPSA) is 51.0 Å². The fourth-order valence-electron chi connectivity index (χ4n) is 2.44. The first-order valence-corrected chi connectivity index (χ1v) is 8.36. The van der Waals surface area contributed by atoms with Gasteiger partial charge in [0.25, 0.3) is 0 Å². The highest BCUT2D eigenvalue weighted by molar-refractivity contribution is 8.00. The molecule has 1 aliphatic carbocycles. The van der Waals surface area contributed by atoms with E-state index in [4.69, 9.17) is 0 Å². The molecule has 0 spiro atoms. The van der Waals surface area contributed by atoms with Gasteiger partial charge in [-0.2, -0.15) is 0 Å². The van der Waals surface area contributed by atoms with Crippen LogP contribution in [0.2, 0.25) is 0 Å². The molecule has 3 rings (SSSR count). The molecule has 116 valence electrons. The zero-order valence-electron chi connectivity index (χ0n) is 13.1. The first-order chi connectivity index (χ1) is 10.6. The number of amides is 1. The van der Waals surface area contributed by atoms with Gasteiger partial charge >= 0.3 is 0 Å². The molecule has 1 saturated carbocycles. The van der Waals surface area contributed by atoms with Crippen molar-refractivity contribution in [2.45, 2.75) is 43.1 Å². The second-order valence-electron chi connectivity index (χ2n) is 5.62. The maximum atomic E-state index is 12.6. The quantitative estimate of drug-likeness (QED) is 0.796. The third-order valence-electron chi connectivity index (χ3n) is 3.85. The van der Waals surface area contributed by atoms with Gasteiger partial charge in [0, 0.05) is 18.8 Å². The van der Waals surface area contributed by atoms with E-state index in [0.29, 0.717) is 6.04 Å². The zero-order valence-corrected chi connectivity index (χ0v) is 13.9. The Bertz CT molecular complexity index is 666. The molecule has 1 fully saturated rings. The Balaban J connectivity index is 1.71. The van der Waals surface area contributed by atoms with Crippen LogP contribution in [0.1, 0.15) is 31.6 Å². The molecular formula is C16H20N4OS. The van der Waals surface area contributed by atoms with Crippen molar-refractivity contribution in [1.29, 1.82) is 0 Å². The highest BCUT2D eigenvalue weighted by Crippen LogP contribution is 2.39. The molecule has 22 heavy (non-hydrogen) atoms. The fourth-order valence-corrected chi connectivity index (χ4v) is 3.50. The molecule has 6 heteroatoms. The maximum absolute atomic E-state index is 12.6. The molecule has 1 amide bonds. The fraction of sp³-hybridized carbons (Fsp3) is 0.438. The lowest BCUT2D eigenvalue weighted by molar-refractivity contribution is -0.117. The Labute approximate surface area is 134 Å². The summed E-state index contributed by atoms with van der Waals surface area (Å²) in [4.78, 5) is 14.3. The van der Waals surface area contributed by atoms with Gasteiger partial charge < -0.3 is 9.47 Å². The van der Waals surface area contributed by atoms with Crippen molar-refractivity contribution in [3.63, 3.8) is 0 Å². The second-order valence-corrected chi connectivity index (χ2v) is 6.93. The zero-order chi connectivity index (χ0) is 15.7. The van der Waals surface area contributed by atoms with Crippen molar-refractivity contribution in [2.24, 2.45) is 0 Å². The van der Waals surface area contributed by atoms with Crippen molar-refractivity contribution in [1.82, 2.24) is 14.8 Å². The van der Waals surface area contributed by atoms with E-state index in [1.54, 1.807) is 4.90 Å². The predicted octanol–water partition coefficient (Wildman–Crippen LogP) is 3.07. The lowest BCUT2D eigenvalue weighted by Crippen LogP contribution is -2.33. The number of thioether (sulfide) groups is 1. The van der Waals surface area contributed by atoms with Crippen molar-refractivity contribution >= 4 is 23.4 Å². The average Bonchev–Trinajstić information content (AvgIpc) is 3.31. The number of anilines is 1. The van der Waals surface area contributed by atoms with Gasteiger partial charge in [-0.05, 0) is 38.8 Å². The number of benzene rings is 1. The van der Waals surface area contributed by atoms with Crippen LogP contribution in [0.15, 0.2) is 35.5 Å². The summed E-state index contributed by atoms with van der Waals surface area (Å²) in [6.07, 6.45) is 2.36. The van der Waals surface area contributed by atoms with Crippen LogP contribution in [0.4, 0.5) is 5.69 Å². The summed E-state index contributed by atoms with van der Waals surface area (Å²) in [7, 11) is 1.81. The van der Waals surface area contributed by atoms with E-state index in [1.165, 1.54) is 24.6 Å². The first-order valence-electron chi connectivity index (χ1n) is 7.48. The number of aromatic nitrogens is 3.